The van der Waals surface area contributed by atoms with Gasteiger partial charge in [-0.1, -0.05) is 30.3 Å². The molecule has 0 N–H and O–H groups in total. The minimum Gasteiger partial charge on any atom is -0.460 e. The van der Waals surface area contributed by atoms with Crippen LogP contribution in [-0.4, -0.2) is 9.55 Å². The van der Waals surface area contributed by atoms with Crippen LogP contribution < -0.4 is 10.3 Å². The third-order valence-corrected chi connectivity index (χ3v) is 5.51. The van der Waals surface area contributed by atoms with Crippen molar-refractivity contribution < 1.29 is 13.9 Å². The zero-order chi connectivity index (χ0) is 19.1. The van der Waals surface area contributed by atoms with Crippen molar-refractivity contribution in [3.05, 3.63) is 93.1 Å². The number of hydrogen-bond donors (Lipinski definition) is 0. The number of aromatic nitrogens is 2. The summed E-state index contributed by atoms with van der Waals surface area (Å²) in [6.07, 6.45) is 0.916. The Bertz CT molecular complexity index is 1220. The van der Waals surface area contributed by atoms with Gasteiger partial charge in [0.25, 0.3) is 5.56 Å². The Kier molecular flexibility index (Phi) is 4.18. The van der Waals surface area contributed by atoms with E-state index in [0.717, 1.165) is 5.56 Å². The number of fused-ring (bicyclic) bond motifs is 2. The van der Waals surface area contributed by atoms with Gasteiger partial charge < -0.3 is 9.47 Å². The van der Waals surface area contributed by atoms with Gasteiger partial charge in [-0.25, -0.2) is 9.37 Å². The summed E-state index contributed by atoms with van der Waals surface area (Å²) in [4.78, 5) is 17.7. The van der Waals surface area contributed by atoms with Crippen LogP contribution in [0.5, 0.6) is 5.75 Å². The molecule has 2 aromatic heterocycles. The highest BCUT2D eigenvalue weighted by Crippen LogP contribution is 2.36. The maximum atomic E-state index is 14.2. The summed E-state index contributed by atoms with van der Waals surface area (Å²) < 4.78 is 27.5. The fourth-order valence-electron chi connectivity index (χ4n) is 3.36. The van der Waals surface area contributed by atoms with Crippen LogP contribution in [0.1, 0.15) is 23.0 Å². The first-order valence-corrected chi connectivity index (χ1v) is 9.64. The SMILES string of the molecule is O=c1c2ccsc2ncn1Cc1cc(F)cc2c1OC(c1ccccc1)OC2. The quantitative estimate of drug-likeness (QED) is 0.521. The van der Waals surface area contributed by atoms with Crippen LogP contribution >= 0.6 is 11.3 Å². The number of rotatable bonds is 3. The second kappa shape index (κ2) is 6.85. The van der Waals surface area contributed by atoms with Crippen molar-refractivity contribution in [3.8, 4) is 5.75 Å². The molecule has 0 amide bonds. The lowest BCUT2D eigenvalue weighted by molar-refractivity contribution is -0.112. The smallest absolute Gasteiger partial charge is 0.262 e. The van der Waals surface area contributed by atoms with Crippen molar-refractivity contribution in [2.75, 3.05) is 0 Å². The molecule has 7 heteroatoms. The Labute approximate surface area is 163 Å². The molecule has 1 aliphatic rings. The summed E-state index contributed by atoms with van der Waals surface area (Å²) in [5, 5.41) is 2.39. The van der Waals surface area contributed by atoms with Gasteiger partial charge in [0.2, 0.25) is 6.29 Å². The monoisotopic (exact) mass is 394 g/mol. The van der Waals surface area contributed by atoms with Gasteiger partial charge in [-0.3, -0.25) is 9.36 Å². The van der Waals surface area contributed by atoms with Crippen molar-refractivity contribution in [1.82, 2.24) is 9.55 Å². The molecule has 3 heterocycles. The normalized spacial score (nSPS) is 16.0. The summed E-state index contributed by atoms with van der Waals surface area (Å²) in [6.45, 7) is 0.398. The van der Waals surface area contributed by atoms with E-state index < -0.39 is 12.1 Å². The number of nitrogens with zero attached hydrogens (tertiary/aromatic N) is 2. The highest BCUT2D eigenvalue weighted by molar-refractivity contribution is 7.16. The van der Waals surface area contributed by atoms with Gasteiger partial charge >= 0.3 is 0 Å². The summed E-state index contributed by atoms with van der Waals surface area (Å²) in [6, 6.07) is 14.1. The number of hydrogen-bond acceptors (Lipinski definition) is 5. The molecule has 28 heavy (non-hydrogen) atoms. The molecule has 0 saturated heterocycles. The Hall–Kier alpha value is -3.03. The van der Waals surface area contributed by atoms with Crippen molar-refractivity contribution in [2.24, 2.45) is 0 Å². The lowest BCUT2D eigenvalue weighted by Crippen LogP contribution is -2.23. The molecule has 0 fully saturated rings. The molecule has 0 bridgehead atoms. The van der Waals surface area contributed by atoms with Gasteiger partial charge in [-0.2, -0.15) is 0 Å². The molecule has 0 aliphatic carbocycles. The minimum absolute atomic E-state index is 0.157. The lowest BCUT2D eigenvalue weighted by atomic mass is 10.1. The Morgan fingerprint density at radius 2 is 2.07 bits per heavy atom. The fraction of sp³-hybridized carbons (Fsp3) is 0.143. The van der Waals surface area contributed by atoms with Crippen LogP contribution in [0.15, 0.2) is 65.0 Å². The summed E-state index contributed by atoms with van der Waals surface area (Å²) in [7, 11) is 0. The fourth-order valence-corrected chi connectivity index (χ4v) is 4.08. The number of ether oxygens (including phenoxy) is 2. The number of halogens is 1. The van der Waals surface area contributed by atoms with Crippen molar-refractivity contribution >= 4 is 21.6 Å². The van der Waals surface area contributed by atoms with Crippen LogP contribution in [0.2, 0.25) is 0 Å². The van der Waals surface area contributed by atoms with Gasteiger partial charge in [-0.15, -0.1) is 11.3 Å². The van der Waals surface area contributed by atoms with E-state index >= 15 is 0 Å². The largest absolute Gasteiger partial charge is 0.460 e. The predicted octanol–water partition coefficient (Wildman–Crippen LogP) is 4.25. The topological polar surface area (TPSA) is 53.4 Å². The summed E-state index contributed by atoms with van der Waals surface area (Å²) in [5.74, 6) is 0.163. The van der Waals surface area contributed by atoms with Crippen molar-refractivity contribution in [3.63, 3.8) is 0 Å². The first-order chi connectivity index (χ1) is 13.7. The molecule has 0 saturated carbocycles. The lowest BCUT2D eigenvalue weighted by Gasteiger charge is -2.28. The maximum absolute atomic E-state index is 14.2. The van der Waals surface area contributed by atoms with E-state index in [0.29, 0.717) is 27.1 Å². The van der Waals surface area contributed by atoms with E-state index in [-0.39, 0.29) is 18.7 Å². The first-order valence-electron chi connectivity index (χ1n) is 8.76. The second-order valence-electron chi connectivity index (χ2n) is 6.54. The highest BCUT2D eigenvalue weighted by Gasteiger charge is 2.25. The Morgan fingerprint density at radius 1 is 1.21 bits per heavy atom. The van der Waals surface area contributed by atoms with Gasteiger partial charge in [0.1, 0.15) is 16.4 Å². The van der Waals surface area contributed by atoms with Gasteiger partial charge in [0.05, 0.1) is 24.9 Å². The molecule has 1 unspecified atom stereocenters. The van der Waals surface area contributed by atoms with Gasteiger partial charge in [0.15, 0.2) is 0 Å². The van der Waals surface area contributed by atoms with E-state index in [1.807, 2.05) is 35.7 Å². The van der Waals surface area contributed by atoms with Crippen molar-refractivity contribution in [1.29, 1.82) is 0 Å². The molecule has 140 valence electrons. The zero-order valence-electron chi connectivity index (χ0n) is 14.7. The third-order valence-electron chi connectivity index (χ3n) is 4.69. The van der Waals surface area contributed by atoms with E-state index in [4.69, 9.17) is 9.47 Å². The predicted molar refractivity (Wildman–Crippen MR) is 104 cm³/mol. The molecule has 1 aliphatic heterocycles. The van der Waals surface area contributed by atoms with Crippen LogP contribution in [0, 0.1) is 5.82 Å². The van der Waals surface area contributed by atoms with Crippen LogP contribution in [0.3, 0.4) is 0 Å². The zero-order valence-corrected chi connectivity index (χ0v) is 15.5. The minimum atomic E-state index is -0.577. The summed E-state index contributed by atoms with van der Waals surface area (Å²) in [5.41, 5.74) is 1.93. The van der Waals surface area contributed by atoms with E-state index in [1.165, 1.54) is 34.4 Å². The number of thiophene rings is 1. The molecular weight excluding hydrogens is 379 g/mol. The Balaban J connectivity index is 1.54. The molecular formula is C21H15FN2O3S. The van der Waals surface area contributed by atoms with E-state index in [2.05, 4.69) is 4.98 Å². The average molecular weight is 394 g/mol. The number of benzene rings is 2. The standard InChI is InChI=1S/C21H15FN2O3S/c22-16-8-14(10-24-12-23-19-17(20(24)25)6-7-28-19)18-15(9-16)11-26-21(27-18)13-4-2-1-3-5-13/h1-9,12,21H,10-11H2. The third kappa shape index (κ3) is 2.98. The highest BCUT2D eigenvalue weighted by atomic mass is 32.1. The molecule has 1 atom stereocenters. The van der Waals surface area contributed by atoms with E-state index in [9.17, 15) is 9.18 Å². The van der Waals surface area contributed by atoms with E-state index in [1.54, 1.807) is 6.07 Å². The van der Waals surface area contributed by atoms with Crippen LogP contribution in [0.25, 0.3) is 10.2 Å². The first kappa shape index (κ1) is 17.1. The van der Waals surface area contributed by atoms with Gasteiger partial charge in [0, 0.05) is 16.7 Å². The van der Waals surface area contributed by atoms with Gasteiger partial charge in [-0.05, 0) is 23.6 Å². The molecule has 2 aromatic carbocycles. The molecule has 4 aromatic rings. The molecule has 0 radical (unpaired) electrons. The molecule has 5 nitrogen and oxygen atoms in total. The molecule has 5 rings (SSSR count). The second-order valence-corrected chi connectivity index (χ2v) is 7.44. The Morgan fingerprint density at radius 3 is 2.93 bits per heavy atom. The summed E-state index contributed by atoms with van der Waals surface area (Å²) >= 11 is 1.41. The average Bonchev–Trinajstić information content (AvgIpc) is 3.20. The molecule has 0 spiro atoms. The van der Waals surface area contributed by atoms with Crippen LogP contribution in [0.4, 0.5) is 4.39 Å². The van der Waals surface area contributed by atoms with Crippen molar-refractivity contribution in [2.45, 2.75) is 19.4 Å². The van der Waals surface area contributed by atoms with Crippen LogP contribution in [-0.2, 0) is 17.9 Å². The maximum Gasteiger partial charge on any atom is 0.262 e.